The number of benzene rings is 2. The molecule has 2 aliphatic heterocycles. The molecule has 0 aliphatic carbocycles. The molecular weight excluding hydrogens is 351 g/mol. The molecule has 0 spiro atoms. The summed E-state index contributed by atoms with van der Waals surface area (Å²) < 4.78 is 39.4. The third-order valence-electron chi connectivity index (χ3n) is 5.70. The van der Waals surface area contributed by atoms with Gasteiger partial charge in [0.2, 0.25) is 9.84 Å². The summed E-state index contributed by atoms with van der Waals surface area (Å²) in [5.41, 5.74) is 2.19. The highest BCUT2D eigenvalue weighted by Gasteiger charge is 2.39. The van der Waals surface area contributed by atoms with Gasteiger partial charge in [-0.25, -0.2) is 12.8 Å². The molecular formula is C20H23FN2O2S. The summed E-state index contributed by atoms with van der Waals surface area (Å²) in [5, 5.41) is 3.51. The molecule has 0 aromatic heterocycles. The first-order chi connectivity index (χ1) is 12.4. The van der Waals surface area contributed by atoms with Gasteiger partial charge < -0.3 is 10.2 Å². The number of nitrogens with zero attached hydrogens (tertiary/aromatic N) is 1. The van der Waals surface area contributed by atoms with E-state index in [4.69, 9.17) is 0 Å². The molecule has 2 aromatic carbocycles. The van der Waals surface area contributed by atoms with Gasteiger partial charge in [-0.3, -0.25) is 0 Å². The Morgan fingerprint density at radius 2 is 1.92 bits per heavy atom. The minimum atomic E-state index is -3.73. The summed E-state index contributed by atoms with van der Waals surface area (Å²) in [6.07, 6.45) is 2.01. The van der Waals surface area contributed by atoms with Crippen molar-refractivity contribution in [3.05, 3.63) is 53.8 Å². The number of hydrogen-bond donors (Lipinski definition) is 1. The van der Waals surface area contributed by atoms with Crippen molar-refractivity contribution >= 4 is 15.5 Å². The first-order valence-electron chi connectivity index (χ1n) is 8.99. The average molecular weight is 374 g/mol. The summed E-state index contributed by atoms with van der Waals surface area (Å²) in [6, 6.07) is 11.4. The van der Waals surface area contributed by atoms with Crippen LogP contribution in [0.15, 0.2) is 52.3 Å². The zero-order valence-electron chi connectivity index (χ0n) is 14.9. The third-order valence-corrected chi connectivity index (χ3v) is 7.45. The van der Waals surface area contributed by atoms with Crippen LogP contribution in [0.3, 0.4) is 0 Å². The Labute approximate surface area is 153 Å². The SMILES string of the molecule is CC1C[C@@H]2[C@@H](CCN1)c1cc(S(=O)(=O)c3cccc(F)c3)ccc1N2C. The van der Waals surface area contributed by atoms with Gasteiger partial charge in [0.15, 0.2) is 0 Å². The molecule has 0 bridgehead atoms. The van der Waals surface area contributed by atoms with E-state index in [2.05, 4.69) is 24.2 Å². The van der Waals surface area contributed by atoms with E-state index in [9.17, 15) is 12.8 Å². The Kier molecular flexibility index (Phi) is 4.28. The molecule has 4 rings (SSSR count). The van der Waals surface area contributed by atoms with Crippen molar-refractivity contribution in [2.75, 3.05) is 18.5 Å². The molecule has 0 saturated carbocycles. The van der Waals surface area contributed by atoms with Gasteiger partial charge in [-0.1, -0.05) is 6.07 Å². The van der Waals surface area contributed by atoms with Crippen molar-refractivity contribution in [2.45, 2.75) is 47.6 Å². The molecule has 3 atom stereocenters. The predicted molar refractivity (Wildman–Crippen MR) is 99.9 cm³/mol. The maximum atomic E-state index is 13.5. The number of anilines is 1. The number of nitrogens with one attached hydrogen (secondary N) is 1. The maximum absolute atomic E-state index is 13.5. The Morgan fingerprint density at radius 3 is 2.69 bits per heavy atom. The molecule has 2 aliphatic rings. The van der Waals surface area contributed by atoms with Crippen LogP contribution < -0.4 is 10.2 Å². The molecule has 4 nitrogen and oxygen atoms in total. The standard InChI is InChI=1S/C20H23FN2O2S/c1-13-10-20-17(8-9-22-13)18-12-16(6-7-19(18)23(20)2)26(24,25)15-5-3-4-14(21)11-15/h3-7,11-13,17,20,22H,8-10H2,1-2H3/t13?,17-,20+/m0/s1. The fourth-order valence-corrected chi connectivity index (χ4v) is 5.67. The van der Waals surface area contributed by atoms with Crippen molar-refractivity contribution < 1.29 is 12.8 Å². The molecule has 0 radical (unpaired) electrons. The van der Waals surface area contributed by atoms with Gasteiger partial charge in [-0.2, -0.15) is 0 Å². The minimum Gasteiger partial charge on any atom is -0.371 e. The fraction of sp³-hybridized carbons (Fsp3) is 0.400. The van der Waals surface area contributed by atoms with Gasteiger partial charge in [0.05, 0.1) is 9.79 Å². The van der Waals surface area contributed by atoms with Gasteiger partial charge >= 0.3 is 0 Å². The molecule has 138 valence electrons. The zero-order valence-corrected chi connectivity index (χ0v) is 15.8. The highest BCUT2D eigenvalue weighted by atomic mass is 32.2. The topological polar surface area (TPSA) is 49.4 Å². The summed E-state index contributed by atoms with van der Waals surface area (Å²) in [4.78, 5) is 2.51. The Bertz CT molecular complexity index is 945. The van der Waals surface area contributed by atoms with E-state index in [1.165, 1.54) is 18.2 Å². The number of hydrogen-bond acceptors (Lipinski definition) is 4. The second-order valence-corrected chi connectivity index (χ2v) is 9.30. The molecule has 1 saturated heterocycles. The molecule has 6 heteroatoms. The van der Waals surface area contributed by atoms with Crippen LogP contribution in [0.25, 0.3) is 0 Å². The van der Waals surface area contributed by atoms with E-state index in [1.807, 2.05) is 6.07 Å². The van der Waals surface area contributed by atoms with Crippen molar-refractivity contribution in [2.24, 2.45) is 0 Å². The summed E-state index contributed by atoms with van der Waals surface area (Å²) >= 11 is 0. The summed E-state index contributed by atoms with van der Waals surface area (Å²) in [6.45, 7) is 3.12. The number of fused-ring (bicyclic) bond motifs is 3. The highest BCUT2D eigenvalue weighted by molar-refractivity contribution is 7.91. The van der Waals surface area contributed by atoms with E-state index in [0.717, 1.165) is 36.7 Å². The third kappa shape index (κ3) is 2.81. The lowest BCUT2D eigenvalue weighted by Crippen LogP contribution is -2.34. The lowest BCUT2D eigenvalue weighted by molar-refractivity contribution is 0.487. The van der Waals surface area contributed by atoms with Crippen LogP contribution in [-0.2, 0) is 9.84 Å². The number of sulfone groups is 1. The van der Waals surface area contributed by atoms with Gasteiger partial charge in [0.25, 0.3) is 0 Å². The maximum Gasteiger partial charge on any atom is 0.206 e. The number of halogens is 1. The Balaban J connectivity index is 1.77. The highest BCUT2D eigenvalue weighted by Crippen LogP contribution is 2.45. The second kappa shape index (κ2) is 6.35. The van der Waals surface area contributed by atoms with Crippen molar-refractivity contribution in [1.29, 1.82) is 0 Å². The normalized spacial score (nSPS) is 25.5. The Morgan fingerprint density at radius 1 is 1.15 bits per heavy atom. The summed E-state index contributed by atoms with van der Waals surface area (Å²) in [7, 11) is -1.65. The van der Waals surface area contributed by atoms with Gasteiger partial charge in [-0.05, 0) is 68.3 Å². The zero-order chi connectivity index (χ0) is 18.5. The van der Waals surface area contributed by atoms with Crippen LogP contribution in [0.2, 0.25) is 0 Å². The summed E-state index contributed by atoms with van der Waals surface area (Å²) in [5.74, 6) is -0.231. The molecule has 2 heterocycles. The lowest BCUT2D eigenvalue weighted by atomic mass is 9.90. The number of rotatable bonds is 2. The van der Waals surface area contributed by atoms with Crippen molar-refractivity contribution in [1.82, 2.24) is 5.32 Å². The molecule has 1 fully saturated rings. The van der Waals surface area contributed by atoms with E-state index in [1.54, 1.807) is 12.1 Å². The van der Waals surface area contributed by atoms with Gasteiger partial charge in [-0.15, -0.1) is 0 Å². The quantitative estimate of drug-likeness (QED) is 0.876. The van der Waals surface area contributed by atoms with Crippen LogP contribution in [-0.4, -0.2) is 34.1 Å². The van der Waals surface area contributed by atoms with Crippen LogP contribution >= 0.6 is 0 Å². The fourth-order valence-electron chi connectivity index (χ4n) is 4.35. The molecule has 2 aromatic rings. The van der Waals surface area contributed by atoms with Gasteiger partial charge in [0.1, 0.15) is 5.82 Å². The minimum absolute atomic E-state index is 0.00323. The molecule has 1 unspecified atom stereocenters. The largest absolute Gasteiger partial charge is 0.371 e. The molecule has 0 amide bonds. The van der Waals surface area contributed by atoms with Gasteiger partial charge in [0, 0.05) is 30.7 Å². The van der Waals surface area contributed by atoms with Crippen LogP contribution in [0.4, 0.5) is 10.1 Å². The average Bonchev–Trinajstić information content (AvgIpc) is 2.76. The smallest absolute Gasteiger partial charge is 0.206 e. The van der Waals surface area contributed by atoms with Crippen LogP contribution in [0, 0.1) is 5.82 Å². The van der Waals surface area contributed by atoms with E-state index in [-0.39, 0.29) is 9.79 Å². The molecule has 1 N–H and O–H groups in total. The van der Waals surface area contributed by atoms with E-state index < -0.39 is 15.7 Å². The van der Waals surface area contributed by atoms with E-state index >= 15 is 0 Å². The monoisotopic (exact) mass is 374 g/mol. The first-order valence-corrected chi connectivity index (χ1v) is 10.5. The first kappa shape index (κ1) is 17.5. The second-order valence-electron chi connectivity index (χ2n) is 7.35. The van der Waals surface area contributed by atoms with Crippen LogP contribution in [0.5, 0.6) is 0 Å². The van der Waals surface area contributed by atoms with Crippen molar-refractivity contribution in [3.63, 3.8) is 0 Å². The van der Waals surface area contributed by atoms with E-state index in [0.29, 0.717) is 18.0 Å². The number of likely N-dealkylation sites (N-methyl/N-ethyl adjacent to an activating group) is 1. The Hall–Kier alpha value is -1.92. The molecule has 26 heavy (non-hydrogen) atoms. The predicted octanol–water partition coefficient (Wildman–Crippen LogP) is 3.33. The van der Waals surface area contributed by atoms with Crippen LogP contribution in [0.1, 0.15) is 31.2 Å². The van der Waals surface area contributed by atoms with Crippen molar-refractivity contribution in [3.8, 4) is 0 Å². The lowest BCUT2D eigenvalue weighted by Gasteiger charge is -2.26.